The van der Waals surface area contributed by atoms with Crippen LogP contribution in [0, 0.1) is 12.3 Å². The van der Waals surface area contributed by atoms with Gasteiger partial charge in [-0.05, 0) is 43.5 Å². The van der Waals surface area contributed by atoms with Gasteiger partial charge in [-0.15, -0.1) is 6.42 Å². The Balaban J connectivity index is 2.14. The van der Waals surface area contributed by atoms with Crippen LogP contribution >= 0.6 is 0 Å². The molecule has 0 spiro atoms. The SMILES string of the molecule is C#Cc1ccc(OCCCCCC(=O)O)cc1. The maximum absolute atomic E-state index is 10.3. The summed E-state index contributed by atoms with van der Waals surface area (Å²) in [5.74, 6) is 2.59. The second kappa shape index (κ2) is 7.34. The van der Waals surface area contributed by atoms with Crippen LogP contribution in [-0.4, -0.2) is 17.7 Å². The Kier molecular flexibility index (Phi) is 5.67. The van der Waals surface area contributed by atoms with Gasteiger partial charge in [0, 0.05) is 12.0 Å². The Morgan fingerprint density at radius 2 is 1.94 bits per heavy atom. The number of aliphatic carboxylic acids is 1. The lowest BCUT2D eigenvalue weighted by Crippen LogP contribution is -1.99. The summed E-state index contributed by atoms with van der Waals surface area (Å²) in [6.07, 6.45) is 7.91. The second-order valence-corrected chi connectivity index (χ2v) is 3.72. The van der Waals surface area contributed by atoms with E-state index in [-0.39, 0.29) is 6.42 Å². The molecule has 0 unspecified atom stereocenters. The van der Waals surface area contributed by atoms with E-state index in [2.05, 4.69) is 5.92 Å². The first-order valence-corrected chi connectivity index (χ1v) is 5.63. The van der Waals surface area contributed by atoms with Gasteiger partial charge in [-0.2, -0.15) is 0 Å². The normalized spacial score (nSPS) is 9.59. The molecule has 0 aliphatic rings. The van der Waals surface area contributed by atoms with Gasteiger partial charge in [0.05, 0.1) is 6.61 Å². The highest BCUT2D eigenvalue weighted by Gasteiger charge is 1.97. The molecule has 1 aromatic rings. The van der Waals surface area contributed by atoms with Crippen molar-refractivity contribution in [3.05, 3.63) is 29.8 Å². The van der Waals surface area contributed by atoms with Crippen LogP contribution in [0.4, 0.5) is 0 Å². The first-order chi connectivity index (χ1) is 8.22. The number of carboxylic acids is 1. The second-order valence-electron chi connectivity index (χ2n) is 3.72. The number of carbonyl (C=O) groups is 1. The number of benzene rings is 1. The number of carboxylic acid groups (broad SMARTS) is 1. The van der Waals surface area contributed by atoms with Crippen molar-refractivity contribution in [2.45, 2.75) is 25.7 Å². The molecule has 3 nitrogen and oxygen atoms in total. The lowest BCUT2D eigenvalue weighted by Gasteiger charge is -2.05. The van der Waals surface area contributed by atoms with E-state index in [0.29, 0.717) is 13.0 Å². The largest absolute Gasteiger partial charge is 0.494 e. The zero-order chi connectivity index (χ0) is 12.5. The molecule has 0 aliphatic carbocycles. The molecule has 0 saturated heterocycles. The van der Waals surface area contributed by atoms with Crippen molar-refractivity contribution in [2.24, 2.45) is 0 Å². The minimum absolute atomic E-state index is 0.233. The van der Waals surface area contributed by atoms with E-state index in [1.807, 2.05) is 24.3 Å². The molecule has 0 saturated carbocycles. The van der Waals surface area contributed by atoms with Crippen molar-refractivity contribution in [3.63, 3.8) is 0 Å². The van der Waals surface area contributed by atoms with Crippen LogP contribution in [0.1, 0.15) is 31.2 Å². The van der Waals surface area contributed by atoms with Gasteiger partial charge < -0.3 is 9.84 Å². The number of ether oxygens (including phenoxy) is 1. The highest BCUT2D eigenvalue weighted by atomic mass is 16.5. The smallest absolute Gasteiger partial charge is 0.303 e. The quantitative estimate of drug-likeness (QED) is 0.580. The topological polar surface area (TPSA) is 46.5 Å². The van der Waals surface area contributed by atoms with Gasteiger partial charge in [0.2, 0.25) is 0 Å². The predicted molar refractivity (Wildman–Crippen MR) is 66.0 cm³/mol. The molecule has 17 heavy (non-hydrogen) atoms. The minimum Gasteiger partial charge on any atom is -0.494 e. The predicted octanol–water partition coefficient (Wildman–Crippen LogP) is 2.69. The van der Waals surface area contributed by atoms with Gasteiger partial charge in [0.15, 0.2) is 0 Å². The third-order valence-electron chi connectivity index (χ3n) is 2.32. The molecular formula is C14H16O3. The average Bonchev–Trinajstić information content (AvgIpc) is 2.34. The lowest BCUT2D eigenvalue weighted by molar-refractivity contribution is -0.137. The van der Waals surface area contributed by atoms with Crippen molar-refractivity contribution in [2.75, 3.05) is 6.61 Å². The molecule has 0 heterocycles. The van der Waals surface area contributed by atoms with Crippen LogP contribution in [0.2, 0.25) is 0 Å². The maximum Gasteiger partial charge on any atom is 0.303 e. The van der Waals surface area contributed by atoms with Gasteiger partial charge in [0.1, 0.15) is 5.75 Å². The van der Waals surface area contributed by atoms with E-state index in [1.54, 1.807) is 0 Å². The van der Waals surface area contributed by atoms with Crippen LogP contribution in [0.25, 0.3) is 0 Å². The molecule has 0 aliphatic heterocycles. The van der Waals surface area contributed by atoms with Crippen molar-refractivity contribution in [1.82, 2.24) is 0 Å². The molecule has 3 heteroatoms. The third kappa shape index (κ3) is 5.62. The highest BCUT2D eigenvalue weighted by molar-refractivity contribution is 5.66. The van der Waals surface area contributed by atoms with E-state index in [9.17, 15) is 4.79 Å². The molecular weight excluding hydrogens is 216 g/mol. The Hall–Kier alpha value is -1.95. The number of hydrogen-bond donors (Lipinski definition) is 1. The molecule has 0 atom stereocenters. The van der Waals surface area contributed by atoms with Crippen LogP contribution in [0.5, 0.6) is 5.75 Å². The summed E-state index contributed by atoms with van der Waals surface area (Å²) in [5.41, 5.74) is 0.832. The van der Waals surface area contributed by atoms with E-state index in [4.69, 9.17) is 16.3 Å². The van der Waals surface area contributed by atoms with Crippen LogP contribution < -0.4 is 4.74 Å². The number of hydrogen-bond acceptors (Lipinski definition) is 2. The fraction of sp³-hybridized carbons (Fsp3) is 0.357. The maximum atomic E-state index is 10.3. The molecule has 0 fully saturated rings. The molecule has 1 aromatic carbocycles. The van der Waals surface area contributed by atoms with Crippen LogP contribution in [-0.2, 0) is 4.79 Å². The number of rotatable bonds is 7. The lowest BCUT2D eigenvalue weighted by atomic mass is 10.2. The van der Waals surface area contributed by atoms with Gasteiger partial charge in [-0.1, -0.05) is 5.92 Å². The number of unbranched alkanes of at least 4 members (excludes halogenated alkanes) is 2. The number of terminal acetylenes is 1. The van der Waals surface area contributed by atoms with Gasteiger partial charge in [0.25, 0.3) is 0 Å². The van der Waals surface area contributed by atoms with Gasteiger partial charge in [-0.25, -0.2) is 0 Å². The Morgan fingerprint density at radius 3 is 2.53 bits per heavy atom. The Morgan fingerprint density at radius 1 is 1.24 bits per heavy atom. The fourth-order valence-electron chi connectivity index (χ4n) is 1.39. The summed E-state index contributed by atoms with van der Waals surface area (Å²) in [5, 5.41) is 8.45. The summed E-state index contributed by atoms with van der Waals surface area (Å²) in [7, 11) is 0. The zero-order valence-corrected chi connectivity index (χ0v) is 9.69. The molecule has 0 radical (unpaired) electrons. The van der Waals surface area contributed by atoms with Crippen molar-refractivity contribution in [1.29, 1.82) is 0 Å². The van der Waals surface area contributed by atoms with Crippen molar-refractivity contribution < 1.29 is 14.6 Å². The molecule has 1 N–H and O–H groups in total. The Labute approximate surface area is 101 Å². The van der Waals surface area contributed by atoms with E-state index < -0.39 is 5.97 Å². The Bertz CT molecular complexity index is 387. The van der Waals surface area contributed by atoms with Crippen LogP contribution in [0.15, 0.2) is 24.3 Å². The molecule has 0 amide bonds. The molecule has 1 rings (SSSR count). The van der Waals surface area contributed by atoms with E-state index in [0.717, 1.165) is 24.2 Å². The molecule has 0 bridgehead atoms. The zero-order valence-electron chi connectivity index (χ0n) is 9.69. The van der Waals surface area contributed by atoms with Crippen molar-refractivity contribution in [3.8, 4) is 18.1 Å². The van der Waals surface area contributed by atoms with E-state index >= 15 is 0 Å². The summed E-state index contributed by atoms with van der Waals surface area (Å²) >= 11 is 0. The summed E-state index contributed by atoms with van der Waals surface area (Å²) in [4.78, 5) is 10.3. The first kappa shape index (κ1) is 13.1. The molecule has 0 aromatic heterocycles. The summed E-state index contributed by atoms with van der Waals surface area (Å²) < 4.78 is 5.50. The highest BCUT2D eigenvalue weighted by Crippen LogP contribution is 2.12. The standard InChI is InChI=1S/C14H16O3/c1-2-12-7-9-13(10-8-12)17-11-5-3-4-6-14(15)16/h1,7-10H,3-6,11H2,(H,15,16). The fourth-order valence-corrected chi connectivity index (χ4v) is 1.39. The average molecular weight is 232 g/mol. The summed E-state index contributed by atoms with van der Waals surface area (Å²) in [6, 6.07) is 7.35. The van der Waals surface area contributed by atoms with Crippen LogP contribution in [0.3, 0.4) is 0 Å². The monoisotopic (exact) mass is 232 g/mol. The van der Waals surface area contributed by atoms with Crippen molar-refractivity contribution >= 4 is 5.97 Å². The minimum atomic E-state index is -0.740. The van der Waals surface area contributed by atoms with Gasteiger partial charge in [-0.3, -0.25) is 4.79 Å². The summed E-state index contributed by atoms with van der Waals surface area (Å²) in [6.45, 7) is 0.606. The molecule has 90 valence electrons. The van der Waals surface area contributed by atoms with Gasteiger partial charge >= 0.3 is 5.97 Å². The first-order valence-electron chi connectivity index (χ1n) is 5.63. The third-order valence-corrected chi connectivity index (χ3v) is 2.32. The van der Waals surface area contributed by atoms with E-state index in [1.165, 1.54) is 0 Å².